The second-order valence-corrected chi connectivity index (χ2v) is 7.66. The fourth-order valence-electron chi connectivity index (χ4n) is 2.34. The molecular weight excluding hydrogens is 519 g/mol. The van der Waals surface area contributed by atoms with Crippen molar-refractivity contribution in [3.8, 4) is 0 Å². The first kappa shape index (κ1) is 20.3. The first-order valence-corrected chi connectivity index (χ1v) is 9.57. The van der Waals surface area contributed by atoms with E-state index in [-0.39, 0.29) is 10.6 Å². The Morgan fingerprint density at radius 2 is 1.64 bits per heavy atom. The number of benzene rings is 2. The molecule has 142 valence electrons. The number of hydrogen-bond acceptors (Lipinski definition) is 5. The molecule has 0 spiro atoms. The van der Waals surface area contributed by atoms with Crippen LogP contribution in [0.2, 0.25) is 5.02 Å². The molecule has 2 heterocycles. The van der Waals surface area contributed by atoms with E-state index in [1.54, 1.807) is 30.3 Å². The molecule has 0 aliphatic heterocycles. The van der Waals surface area contributed by atoms with Crippen LogP contribution in [0, 0.1) is 0 Å². The van der Waals surface area contributed by atoms with Gasteiger partial charge in [0.25, 0.3) is 0 Å². The van der Waals surface area contributed by atoms with E-state index < -0.39 is 17.2 Å². The van der Waals surface area contributed by atoms with E-state index in [1.165, 1.54) is 6.07 Å². The minimum Gasteiger partial charge on any atom is -0.477 e. The van der Waals surface area contributed by atoms with Crippen LogP contribution in [-0.2, 0) is 0 Å². The van der Waals surface area contributed by atoms with Crippen molar-refractivity contribution in [3.63, 3.8) is 0 Å². The highest BCUT2D eigenvalue weighted by Gasteiger charge is 2.13. The molecule has 0 aliphatic rings. The van der Waals surface area contributed by atoms with Gasteiger partial charge in [-0.1, -0.05) is 45.7 Å². The lowest BCUT2D eigenvalue weighted by Gasteiger charge is -2.01. The number of aromatic carboxylic acids is 1. The molecule has 4 aromatic rings. The predicted molar refractivity (Wildman–Crippen MR) is 112 cm³/mol. The van der Waals surface area contributed by atoms with Gasteiger partial charge < -0.3 is 13.9 Å². The molecule has 0 atom stereocenters. The van der Waals surface area contributed by atoms with Crippen molar-refractivity contribution in [1.82, 2.24) is 0 Å². The molecule has 0 saturated heterocycles. The number of carboxylic acid groups (broad SMARTS) is 1. The minimum atomic E-state index is -1.30. The maximum Gasteiger partial charge on any atom is 0.355 e. The zero-order chi connectivity index (χ0) is 20.4. The van der Waals surface area contributed by atoms with Crippen molar-refractivity contribution in [2.75, 3.05) is 0 Å². The van der Waals surface area contributed by atoms with Crippen LogP contribution in [0.3, 0.4) is 0 Å². The minimum absolute atomic E-state index is 0.119. The standard InChI is InChI=1S/C10H4Br2O4.C9H5ClO2/c11-5-1-4-2-6(9(13)14)10(15)16-8(4)7(12)3-5;10-7-5-6-3-1-2-4-8(6)12-9(7)11/h1-3H,(H,13,14);1-5H. The molecule has 0 saturated carbocycles. The molecule has 2 aromatic carbocycles. The highest BCUT2D eigenvalue weighted by Crippen LogP contribution is 2.27. The lowest BCUT2D eigenvalue weighted by Crippen LogP contribution is -2.12. The number of halogens is 3. The second-order valence-electron chi connectivity index (χ2n) is 5.48. The lowest BCUT2D eigenvalue weighted by atomic mass is 10.2. The van der Waals surface area contributed by atoms with Crippen molar-refractivity contribution in [2.45, 2.75) is 0 Å². The van der Waals surface area contributed by atoms with Crippen molar-refractivity contribution in [3.05, 3.63) is 88.9 Å². The fraction of sp³-hybridized carbons (Fsp3) is 0. The SMILES string of the molecule is O=C(O)c1cc2cc(Br)cc(Br)c2oc1=O.O=c1oc2ccccc2cc1Cl. The molecule has 6 nitrogen and oxygen atoms in total. The van der Waals surface area contributed by atoms with E-state index in [0.29, 0.717) is 21.0 Å². The van der Waals surface area contributed by atoms with Crippen LogP contribution in [0.1, 0.15) is 10.4 Å². The van der Waals surface area contributed by atoms with Crippen LogP contribution < -0.4 is 11.3 Å². The van der Waals surface area contributed by atoms with Crippen LogP contribution in [0.25, 0.3) is 21.9 Å². The first-order valence-electron chi connectivity index (χ1n) is 7.61. The molecule has 4 rings (SSSR count). The summed E-state index contributed by atoms with van der Waals surface area (Å²) >= 11 is 12.1. The Kier molecular flexibility index (Phi) is 6.02. The number of carbonyl (C=O) groups is 1. The zero-order valence-corrected chi connectivity index (χ0v) is 17.7. The Balaban J connectivity index is 0.000000167. The maximum atomic E-state index is 11.3. The van der Waals surface area contributed by atoms with E-state index in [9.17, 15) is 14.4 Å². The van der Waals surface area contributed by atoms with Gasteiger partial charge in [-0.3, -0.25) is 0 Å². The summed E-state index contributed by atoms with van der Waals surface area (Å²) in [5.41, 5.74) is -0.832. The van der Waals surface area contributed by atoms with Gasteiger partial charge in [0, 0.05) is 15.2 Å². The Labute approximate surface area is 178 Å². The van der Waals surface area contributed by atoms with Gasteiger partial charge >= 0.3 is 17.2 Å². The van der Waals surface area contributed by atoms with Crippen molar-refractivity contribution in [2.24, 2.45) is 0 Å². The summed E-state index contributed by atoms with van der Waals surface area (Å²) in [7, 11) is 0. The maximum absolute atomic E-state index is 11.3. The van der Waals surface area contributed by atoms with E-state index in [0.717, 1.165) is 9.86 Å². The summed E-state index contributed by atoms with van der Waals surface area (Å²) in [6, 6.07) is 13.5. The van der Waals surface area contributed by atoms with Gasteiger partial charge in [-0.25, -0.2) is 14.4 Å². The molecular formula is C19H9Br2ClO6. The highest BCUT2D eigenvalue weighted by atomic mass is 79.9. The van der Waals surface area contributed by atoms with Gasteiger partial charge in [-0.05, 0) is 46.3 Å². The van der Waals surface area contributed by atoms with Gasteiger partial charge in [0.1, 0.15) is 16.2 Å². The molecule has 2 aromatic heterocycles. The molecule has 9 heteroatoms. The normalized spacial score (nSPS) is 10.5. The first-order chi connectivity index (χ1) is 13.3. The Morgan fingerprint density at radius 1 is 0.929 bits per heavy atom. The molecule has 0 fully saturated rings. The monoisotopic (exact) mass is 526 g/mol. The van der Waals surface area contributed by atoms with Crippen LogP contribution in [0.4, 0.5) is 0 Å². The average Bonchev–Trinajstić information content (AvgIpc) is 2.63. The van der Waals surface area contributed by atoms with E-state index in [4.69, 9.17) is 25.5 Å². The van der Waals surface area contributed by atoms with Gasteiger partial charge in [-0.2, -0.15) is 0 Å². The van der Waals surface area contributed by atoms with E-state index in [2.05, 4.69) is 31.9 Å². The topological polar surface area (TPSA) is 97.7 Å². The Hall–Kier alpha value is -2.42. The highest BCUT2D eigenvalue weighted by molar-refractivity contribution is 9.11. The molecule has 1 N–H and O–H groups in total. The summed E-state index contributed by atoms with van der Waals surface area (Å²) in [5, 5.41) is 10.3. The number of rotatable bonds is 1. The third-order valence-electron chi connectivity index (χ3n) is 3.58. The Morgan fingerprint density at radius 3 is 2.36 bits per heavy atom. The number of hydrogen-bond donors (Lipinski definition) is 1. The van der Waals surface area contributed by atoms with Crippen LogP contribution in [0.15, 0.2) is 75.9 Å². The molecule has 0 bridgehead atoms. The van der Waals surface area contributed by atoms with Crippen molar-refractivity contribution < 1.29 is 18.7 Å². The molecule has 0 unspecified atom stereocenters. The van der Waals surface area contributed by atoms with Crippen molar-refractivity contribution >= 4 is 71.4 Å². The number of para-hydroxylation sites is 1. The second kappa shape index (κ2) is 8.30. The Bertz CT molecular complexity index is 1330. The third kappa shape index (κ3) is 4.35. The van der Waals surface area contributed by atoms with E-state index >= 15 is 0 Å². The van der Waals surface area contributed by atoms with Crippen LogP contribution >= 0.6 is 43.5 Å². The summed E-state index contributed by atoms with van der Waals surface area (Å²) in [6.45, 7) is 0. The van der Waals surface area contributed by atoms with Gasteiger partial charge in [-0.15, -0.1) is 0 Å². The average molecular weight is 529 g/mol. The van der Waals surface area contributed by atoms with Gasteiger partial charge in [0.15, 0.2) is 5.58 Å². The van der Waals surface area contributed by atoms with Crippen molar-refractivity contribution in [1.29, 1.82) is 0 Å². The summed E-state index contributed by atoms with van der Waals surface area (Å²) in [5.74, 6) is -1.30. The predicted octanol–water partition coefficient (Wildman–Crippen LogP) is 5.46. The quantitative estimate of drug-likeness (QED) is 0.330. The largest absolute Gasteiger partial charge is 0.477 e. The van der Waals surface area contributed by atoms with Gasteiger partial charge in [0.2, 0.25) is 0 Å². The summed E-state index contributed by atoms with van der Waals surface area (Å²) < 4.78 is 11.2. The summed E-state index contributed by atoms with van der Waals surface area (Å²) in [4.78, 5) is 33.0. The fourth-order valence-corrected chi connectivity index (χ4v) is 3.84. The summed E-state index contributed by atoms with van der Waals surface area (Å²) in [6.07, 6.45) is 0. The van der Waals surface area contributed by atoms with Gasteiger partial charge in [0.05, 0.1) is 4.47 Å². The third-order valence-corrected chi connectivity index (χ3v) is 4.89. The van der Waals surface area contributed by atoms with E-state index in [1.807, 2.05) is 12.1 Å². The zero-order valence-electron chi connectivity index (χ0n) is 13.7. The van der Waals surface area contributed by atoms with Crippen LogP contribution in [-0.4, -0.2) is 11.1 Å². The van der Waals surface area contributed by atoms with Crippen LogP contribution in [0.5, 0.6) is 0 Å². The molecule has 0 radical (unpaired) electrons. The number of carboxylic acids is 1. The molecule has 0 aliphatic carbocycles. The lowest BCUT2D eigenvalue weighted by molar-refractivity contribution is 0.0692. The number of fused-ring (bicyclic) bond motifs is 2. The smallest absolute Gasteiger partial charge is 0.355 e. The molecule has 28 heavy (non-hydrogen) atoms. The molecule has 0 amide bonds.